The zero-order valence-corrected chi connectivity index (χ0v) is 34.6. The van der Waals surface area contributed by atoms with Crippen molar-refractivity contribution in [3.8, 4) is 17.2 Å². The van der Waals surface area contributed by atoms with Gasteiger partial charge in [0.2, 0.25) is 5.79 Å². The number of carbonyl (C=O) groups is 1. The molecule has 0 spiro atoms. The molecule has 0 radical (unpaired) electrons. The third kappa shape index (κ3) is 10.4. The van der Waals surface area contributed by atoms with Gasteiger partial charge in [0.1, 0.15) is 28.9 Å². The number of amides is 1. The SMILES string of the molecule is C=CCOC12Oc3ccc(Oc4cccc([N+](=O)[O-])c4)cc3C3C(CCCCO)C(CCCCO)C=C(C(=NOC(C)(C)C)CC1N(C)C(=O)OCC(C)(C)C)C32. The molecule has 0 saturated heterocycles. The molecule has 312 valence electrons. The molecule has 2 aromatic rings. The molecule has 1 amide bonds. The first-order valence-corrected chi connectivity index (χ1v) is 20.1. The third-order valence-electron chi connectivity index (χ3n) is 10.7. The number of nitrogens with zero attached hydrogens (tertiary/aromatic N) is 3. The zero-order valence-electron chi connectivity index (χ0n) is 34.6. The lowest BCUT2D eigenvalue weighted by Crippen LogP contribution is -2.69. The maximum Gasteiger partial charge on any atom is 0.410 e. The van der Waals surface area contributed by atoms with Crippen LogP contribution in [-0.2, 0) is 14.3 Å². The predicted molar refractivity (Wildman–Crippen MR) is 218 cm³/mol. The monoisotopic (exact) mass is 791 g/mol. The molecule has 13 heteroatoms. The molecule has 2 aromatic carbocycles. The number of rotatable bonds is 17. The van der Waals surface area contributed by atoms with Crippen LogP contribution in [0.15, 0.2) is 71.9 Å². The first-order valence-electron chi connectivity index (χ1n) is 20.1. The number of aliphatic hydroxyl groups excluding tert-OH is 2. The Hall–Kier alpha value is -4.46. The van der Waals surface area contributed by atoms with Gasteiger partial charge in [-0.05, 0) is 93.5 Å². The van der Waals surface area contributed by atoms with Gasteiger partial charge < -0.3 is 38.9 Å². The first-order chi connectivity index (χ1) is 27.0. The number of likely N-dealkylation sites (N-methyl/N-ethyl adjacent to an activating group) is 1. The molecular formula is C44H61N3O10. The minimum Gasteiger partial charge on any atom is -0.459 e. The van der Waals surface area contributed by atoms with Crippen molar-refractivity contribution < 1.29 is 43.7 Å². The second kappa shape index (κ2) is 18.4. The van der Waals surface area contributed by atoms with E-state index in [4.69, 9.17) is 28.9 Å². The summed E-state index contributed by atoms with van der Waals surface area (Å²) in [4.78, 5) is 32.8. The summed E-state index contributed by atoms with van der Waals surface area (Å²) in [7, 11) is 1.70. The molecule has 3 aliphatic rings. The van der Waals surface area contributed by atoms with E-state index in [0.717, 1.165) is 36.8 Å². The van der Waals surface area contributed by atoms with E-state index in [9.17, 15) is 25.1 Å². The van der Waals surface area contributed by atoms with Gasteiger partial charge in [0, 0.05) is 44.2 Å². The molecule has 6 atom stereocenters. The summed E-state index contributed by atoms with van der Waals surface area (Å²) < 4.78 is 26.3. The average molecular weight is 792 g/mol. The topological polar surface area (TPSA) is 162 Å². The normalized spacial score (nSPS) is 24.7. The largest absolute Gasteiger partial charge is 0.459 e. The van der Waals surface area contributed by atoms with Crippen LogP contribution < -0.4 is 9.47 Å². The molecule has 2 N–H and O–H groups in total. The van der Waals surface area contributed by atoms with Gasteiger partial charge in [-0.3, -0.25) is 10.1 Å². The van der Waals surface area contributed by atoms with Crippen LogP contribution in [0.1, 0.15) is 98.0 Å². The molecule has 1 saturated carbocycles. The second-order valence-corrected chi connectivity index (χ2v) is 17.6. The molecule has 0 aromatic heterocycles. The Labute approximate surface area is 336 Å². The molecule has 0 bridgehead atoms. The number of aliphatic hydroxyl groups is 2. The van der Waals surface area contributed by atoms with Crippen LogP contribution in [0.25, 0.3) is 0 Å². The van der Waals surface area contributed by atoms with Crippen LogP contribution >= 0.6 is 0 Å². The van der Waals surface area contributed by atoms with E-state index in [0.29, 0.717) is 35.8 Å². The van der Waals surface area contributed by atoms with Gasteiger partial charge in [-0.2, -0.15) is 0 Å². The summed E-state index contributed by atoms with van der Waals surface area (Å²) in [5.74, 6) is -0.813. The van der Waals surface area contributed by atoms with Gasteiger partial charge in [0.15, 0.2) is 0 Å². The lowest BCUT2D eigenvalue weighted by Gasteiger charge is -2.59. The van der Waals surface area contributed by atoms with Crippen molar-refractivity contribution in [2.45, 2.75) is 110 Å². The Morgan fingerprint density at radius 2 is 1.75 bits per heavy atom. The lowest BCUT2D eigenvalue weighted by molar-refractivity contribution is -0.384. The van der Waals surface area contributed by atoms with E-state index < -0.39 is 34.4 Å². The standard InChI is InChI=1S/C44H61N3O10/c1-9-23-54-44-38(46(8)41(50)53-28-42(2,3)4)27-36(45-57-43(5,6)7)34-24-29(15-10-12-21-48)33(18-11-13-22-49)39(40(34)44)35-26-32(19-20-37(35)56-44)55-31-17-14-16-30(25-31)47(51)52/h9,14,16-17,19-20,24-26,29,33,38-40,48-49H,1,10-13,15,18,21-23,27-28H2,2-8H3. The number of allylic oxidation sites excluding steroid dienone is 1. The number of nitro groups is 1. The second-order valence-electron chi connectivity index (χ2n) is 17.6. The number of oxime groups is 1. The van der Waals surface area contributed by atoms with Crippen molar-refractivity contribution in [2.24, 2.45) is 28.3 Å². The number of unbranched alkanes of at least 4 members (excludes halogenated alkanes) is 2. The molecule has 2 aliphatic carbocycles. The number of hydrogen-bond donors (Lipinski definition) is 2. The number of ether oxygens (including phenoxy) is 4. The summed E-state index contributed by atoms with van der Waals surface area (Å²) in [6.07, 6.45) is 8.08. The van der Waals surface area contributed by atoms with E-state index >= 15 is 0 Å². The maximum absolute atomic E-state index is 14.0. The molecule has 5 rings (SSSR count). The van der Waals surface area contributed by atoms with Crippen LogP contribution in [0.2, 0.25) is 0 Å². The quantitative estimate of drug-likeness (QED) is 0.0685. The van der Waals surface area contributed by atoms with Crippen molar-refractivity contribution in [3.63, 3.8) is 0 Å². The van der Waals surface area contributed by atoms with E-state index in [1.807, 2.05) is 53.7 Å². The fourth-order valence-corrected chi connectivity index (χ4v) is 8.29. The molecule has 57 heavy (non-hydrogen) atoms. The Bertz CT molecular complexity index is 1800. The van der Waals surface area contributed by atoms with Crippen LogP contribution in [0.5, 0.6) is 17.2 Å². The maximum atomic E-state index is 14.0. The molecule has 1 heterocycles. The van der Waals surface area contributed by atoms with Gasteiger partial charge >= 0.3 is 6.09 Å². The summed E-state index contributed by atoms with van der Waals surface area (Å²) in [6.45, 7) is 16.2. The lowest BCUT2D eigenvalue weighted by atomic mass is 9.55. The third-order valence-corrected chi connectivity index (χ3v) is 10.7. The van der Waals surface area contributed by atoms with Gasteiger partial charge in [-0.25, -0.2) is 4.79 Å². The number of benzene rings is 2. The predicted octanol–water partition coefficient (Wildman–Crippen LogP) is 8.93. The number of non-ortho nitro benzene ring substituents is 1. The molecule has 1 fully saturated rings. The minimum atomic E-state index is -1.43. The van der Waals surface area contributed by atoms with Gasteiger partial charge in [-0.15, -0.1) is 6.58 Å². The molecule has 13 nitrogen and oxygen atoms in total. The van der Waals surface area contributed by atoms with Crippen LogP contribution in [-0.4, -0.2) is 82.7 Å². The fourth-order valence-electron chi connectivity index (χ4n) is 8.29. The van der Waals surface area contributed by atoms with E-state index in [2.05, 4.69) is 12.7 Å². The van der Waals surface area contributed by atoms with Gasteiger partial charge in [0.05, 0.1) is 35.8 Å². The number of hydrogen-bond acceptors (Lipinski definition) is 11. The first kappa shape index (κ1) is 43.7. The van der Waals surface area contributed by atoms with E-state index in [-0.39, 0.29) is 61.7 Å². The van der Waals surface area contributed by atoms with Crippen molar-refractivity contribution in [3.05, 3.63) is 82.4 Å². The van der Waals surface area contributed by atoms with Crippen molar-refractivity contribution in [1.29, 1.82) is 0 Å². The Kier molecular flexibility index (Phi) is 14.1. The summed E-state index contributed by atoms with van der Waals surface area (Å²) >= 11 is 0. The summed E-state index contributed by atoms with van der Waals surface area (Å²) in [6, 6.07) is 10.9. The van der Waals surface area contributed by atoms with Crippen LogP contribution in [0.4, 0.5) is 10.5 Å². The molecular weight excluding hydrogens is 730 g/mol. The summed E-state index contributed by atoms with van der Waals surface area (Å²) in [5, 5.41) is 36.1. The Balaban J connectivity index is 1.75. The van der Waals surface area contributed by atoms with E-state index in [1.165, 1.54) is 12.1 Å². The zero-order chi connectivity index (χ0) is 41.5. The van der Waals surface area contributed by atoms with Crippen molar-refractivity contribution >= 4 is 17.5 Å². The fraction of sp³-hybridized carbons (Fsp3) is 0.591. The van der Waals surface area contributed by atoms with E-state index in [1.54, 1.807) is 36.2 Å². The molecule has 1 aliphatic heterocycles. The number of carbonyl (C=O) groups excluding carboxylic acids is 1. The highest BCUT2D eigenvalue weighted by atomic mass is 16.7. The number of nitro benzene ring substituents is 1. The van der Waals surface area contributed by atoms with Gasteiger partial charge in [-0.1, -0.05) is 57.0 Å². The average Bonchev–Trinajstić information content (AvgIpc) is 3.16. The van der Waals surface area contributed by atoms with Crippen LogP contribution in [0.3, 0.4) is 0 Å². The highest BCUT2D eigenvalue weighted by Gasteiger charge is 2.65. The smallest absolute Gasteiger partial charge is 0.410 e. The highest BCUT2D eigenvalue weighted by Crippen LogP contribution is 2.62. The van der Waals surface area contributed by atoms with Crippen molar-refractivity contribution in [1.82, 2.24) is 4.90 Å². The minimum absolute atomic E-state index is 0.00749. The van der Waals surface area contributed by atoms with Crippen molar-refractivity contribution in [2.75, 3.05) is 33.5 Å². The van der Waals surface area contributed by atoms with Gasteiger partial charge in [0.25, 0.3) is 5.69 Å². The molecule has 6 unspecified atom stereocenters. The Morgan fingerprint density at radius 1 is 1.05 bits per heavy atom. The highest BCUT2D eigenvalue weighted by molar-refractivity contribution is 6.03. The summed E-state index contributed by atoms with van der Waals surface area (Å²) in [5.41, 5.74) is 1.48. The number of fused-ring (bicyclic) bond motifs is 2. The van der Waals surface area contributed by atoms with Crippen LogP contribution in [0, 0.1) is 33.3 Å². The Morgan fingerprint density at radius 3 is 2.40 bits per heavy atom.